The SMILES string of the molecule is OC(CCl)CNc1c(Cl)cc(Br)cc1C(F)(F)F. The molecule has 18 heavy (non-hydrogen) atoms. The van der Waals surface area contributed by atoms with E-state index in [-0.39, 0.29) is 27.6 Å². The zero-order chi connectivity index (χ0) is 13.9. The molecule has 0 heterocycles. The van der Waals surface area contributed by atoms with E-state index in [1.807, 2.05) is 0 Å². The molecule has 2 N–H and O–H groups in total. The first kappa shape index (κ1) is 15.9. The monoisotopic (exact) mass is 365 g/mol. The summed E-state index contributed by atoms with van der Waals surface area (Å²) in [5.41, 5.74) is -1.17. The van der Waals surface area contributed by atoms with Gasteiger partial charge in [-0.25, -0.2) is 0 Å². The zero-order valence-corrected chi connectivity index (χ0v) is 12.0. The first-order valence-corrected chi connectivity index (χ1v) is 6.50. The van der Waals surface area contributed by atoms with E-state index in [4.69, 9.17) is 23.2 Å². The van der Waals surface area contributed by atoms with Gasteiger partial charge >= 0.3 is 6.18 Å². The van der Waals surface area contributed by atoms with E-state index in [1.54, 1.807) is 0 Å². The summed E-state index contributed by atoms with van der Waals surface area (Å²) in [6.45, 7) is -0.117. The van der Waals surface area contributed by atoms with E-state index >= 15 is 0 Å². The van der Waals surface area contributed by atoms with Crippen LogP contribution in [0.1, 0.15) is 5.56 Å². The highest BCUT2D eigenvalue weighted by Crippen LogP contribution is 2.40. The van der Waals surface area contributed by atoms with Crippen molar-refractivity contribution in [3.05, 3.63) is 27.2 Å². The summed E-state index contributed by atoms with van der Waals surface area (Å²) in [6.07, 6.45) is -5.49. The first-order chi connectivity index (χ1) is 8.25. The Morgan fingerprint density at radius 1 is 1.39 bits per heavy atom. The molecule has 0 fully saturated rings. The van der Waals surface area contributed by atoms with Crippen LogP contribution in [0.4, 0.5) is 18.9 Å². The number of anilines is 1. The molecule has 0 bridgehead atoms. The molecule has 102 valence electrons. The normalized spacial score (nSPS) is 13.5. The van der Waals surface area contributed by atoms with E-state index < -0.39 is 17.8 Å². The molecule has 0 amide bonds. The predicted octanol–water partition coefficient (Wildman–Crippen LogP) is 4.13. The zero-order valence-electron chi connectivity index (χ0n) is 8.86. The Morgan fingerprint density at radius 3 is 2.50 bits per heavy atom. The lowest BCUT2D eigenvalue weighted by Crippen LogP contribution is -2.22. The molecule has 0 radical (unpaired) electrons. The van der Waals surface area contributed by atoms with Gasteiger partial charge in [-0.05, 0) is 12.1 Å². The molecular weight excluding hydrogens is 358 g/mol. The van der Waals surface area contributed by atoms with Gasteiger partial charge < -0.3 is 10.4 Å². The molecule has 8 heteroatoms. The van der Waals surface area contributed by atoms with Crippen LogP contribution in [-0.4, -0.2) is 23.6 Å². The third-order valence-electron chi connectivity index (χ3n) is 2.05. The van der Waals surface area contributed by atoms with Crippen LogP contribution in [0.3, 0.4) is 0 Å². The van der Waals surface area contributed by atoms with Crippen LogP contribution in [0.15, 0.2) is 16.6 Å². The van der Waals surface area contributed by atoms with Crippen LogP contribution in [0.25, 0.3) is 0 Å². The molecule has 0 aliphatic heterocycles. The fraction of sp³-hybridized carbons (Fsp3) is 0.400. The van der Waals surface area contributed by atoms with Gasteiger partial charge in [-0.15, -0.1) is 11.6 Å². The average Bonchev–Trinajstić information content (AvgIpc) is 2.25. The number of rotatable bonds is 4. The van der Waals surface area contributed by atoms with Crippen LogP contribution in [0.2, 0.25) is 5.02 Å². The minimum absolute atomic E-state index is 0.0809. The maximum Gasteiger partial charge on any atom is 0.418 e. The van der Waals surface area contributed by atoms with Crippen LogP contribution in [0, 0.1) is 0 Å². The Kier molecular flexibility index (Phi) is 5.58. The molecule has 1 rings (SSSR count). The summed E-state index contributed by atoms with van der Waals surface area (Å²) >= 11 is 14.1. The third-order valence-corrected chi connectivity index (χ3v) is 3.17. The smallest absolute Gasteiger partial charge is 0.390 e. The van der Waals surface area contributed by atoms with Crippen molar-refractivity contribution in [1.82, 2.24) is 0 Å². The third kappa shape index (κ3) is 4.19. The maximum atomic E-state index is 12.8. The van der Waals surface area contributed by atoms with Crippen LogP contribution >= 0.6 is 39.1 Å². The highest BCUT2D eigenvalue weighted by Gasteiger charge is 2.35. The van der Waals surface area contributed by atoms with Gasteiger partial charge in [-0.3, -0.25) is 0 Å². The molecule has 0 spiro atoms. The number of halogens is 6. The van der Waals surface area contributed by atoms with Crippen LogP contribution in [-0.2, 0) is 6.18 Å². The summed E-state index contributed by atoms with van der Waals surface area (Å²) in [5.74, 6) is -0.0809. The molecule has 0 aromatic heterocycles. The molecule has 0 saturated heterocycles. The highest BCUT2D eigenvalue weighted by molar-refractivity contribution is 9.10. The van der Waals surface area contributed by atoms with Gasteiger partial charge in [0.2, 0.25) is 0 Å². The van der Waals surface area contributed by atoms with Gasteiger partial charge in [-0.1, -0.05) is 27.5 Å². The van der Waals surface area contributed by atoms with Crippen molar-refractivity contribution < 1.29 is 18.3 Å². The van der Waals surface area contributed by atoms with E-state index in [2.05, 4.69) is 21.2 Å². The molecule has 0 aliphatic carbocycles. The number of hydrogen-bond donors (Lipinski definition) is 2. The van der Waals surface area contributed by atoms with Crippen LogP contribution in [0.5, 0.6) is 0 Å². The molecule has 2 nitrogen and oxygen atoms in total. The number of aliphatic hydroxyl groups excluding tert-OH is 1. The Morgan fingerprint density at radius 2 is 2.00 bits per heavy atom. The average molecular weight is 367 g/mol. The fourth-order valence-corrected chi connectivity index (χ4v) is 2.24. The summed E-state index contributed by atoms with van der Waals surface area (Å²) in [6, 6.07) is 2.26. The summed E-state index contributed by atoms with van der Waals surface area (Å²) in [7, 11) is 0. The molecule has 1 unspecified atom stereocenters. The lowest BCUT2D eigenvalue weighted by atomic mass is 10.1. The Balaban J connectivity index is 3.08. The van der Waals surface area contributed by atoms with E-state index in [1.165, 1.54) is 6.07 Å². The van der Waals surface area contributed by atoms with Gasteiger partial charge in [0.15, 0.2) is 0 Å². The standard InChI is InChI=1S/C10H9BrCl2F3NO/c11-5-1-7(10(14,15)16)9(8(13)2-5)17-4-6(18)3-12/h1-2,6,17-18H,3-4H2. The molecule has 0 aliphatic rings. The largest absolute Gasteiger partial charge is 0.418 e. The number of nitrogens with one attached hydrogen (secondary N) is 1. The topological polar surface area (TPSA) is 32.3 Å². The Bertz CT molecular complexity index is 428. The minimum atomic E-state index is -4.54. The van der Waals surface area contributed by atoms with Crippen molar-refractivity contribution in [2.45, 2.75) is 12.3 Å². The summed E-state index contributed by atoms with van der Waals surface area (Å²) < 4.78 is 38.6. The van der Waals surface area contributed by atoms with Crippen molar-refractivity contribution in [1.29, 1.82) is 0 Å². The number of benzene rings is 1. The number of alkyl halides is 4. The van der Waals surface area contributed by atoms with Gasteiger partial charge in [0.1, 0.15) is 0 Å². The van der Waals surface area contributed by atoms with E-state index in [0.717, 1.165) is 6.07 Å². The van der Waals surface area contributed by atoms with Crippen molar-refractivity contribution in [3.8, 4) is 0 Å². The second-order valence-corrected chi connectivity index (χ2v) is 5.13. The summed E-state index contributed by atoms with van der Waals surface area (Å²) in [5, 5.41) is 11.6. The maximum absolute atomic E-state index is 12.8. The van der Waals surface area contributed by atoms with Gasteiger partial charge in [0, 0.05) is 11.0 Å². The van der Waals surface area contributed by atoms with Crippen molar-refractivity contribution in [2.75, 3.05) is 17.7 Å². The van der Waals surface area contributed by atoms with Crippen LogP contribution < -0.4 is 5.32 Å². The van der Waals surface area contributed by atoms with Crippen molar-refractivity contribution >= 4 is 44.8 Å². The Labute approximate surface area is 120 Å². The van der Waals surface area contributed by atoms with Gasteiger partial charge in [0.25, 0.3) is 0 Å². The second-order valence-electron chi connectivity index (χ2n) is 3.50. The number of aliphatic hydroxyl groups is 1. The molecule has 1 aromatic rings. The van der Waals surface area contributed by atoms with Gasteiger partial charge in [-0.2, -0.15) is 13.2 Å². The molecule has 1 aromatic carbocycles. The number of hydrogen-bond acceptors (Lipinski definition) is 2. The summed E-state index contributed by atoms with van der Waals surface area (Å²) in [4.78, 5) is 0. The van der Waals surface area contributed by atoms with Gasteiger partial charge in [0.05, 0.1) is 28.3 Å². The lowest BCUT2D eigenvalue weighted by molar-refractivity contribution is -0.137. The van der Waals surface area contributed by atoms with E-state index in [9.17, 15) is 18.3 Å². The van der Waals surface area contributed by atoms with Crippen molar-refractivity contribution in [2.24, 2.45) is 0 Å². The second kappa shape index (κ2) is 6.32. The molecule has 1 atom stereocenters. The quantitative estimate of drug-likeness (QED) is 0.785. The lowest BCUT2D eigenvalue weighted by Gasteiger charge is -2.18. The Hall–Kier alpha value is -0.170. The predicted molar refractivity (Wildman–Crippen MR) is 69.4 cm³/mol. The highest BCUT2D eigenvalue weighted by atomic mass is 79.9. The first-order valence-electron chi connectivity index (χ1n) is 4.80. The van der Waals surface area contributed by atoms with Crippen molar-refractivity contribution in [3.63, 3.8) is 0 Å². The molecule has 0 saturated carbocycles. The molecular formula is C10H9BrCl2F3NO. The minimum Gasteiger partial charge on any atom is -0.390 e. The van der Waals surface area contributed by atoms with E-state index in [0.29, 0.717) is 0 Å². The fourth-order valence-electron chi connectivity index (χ4n) is 1.25.